The van der Waals surface area contributed by atoms with Gasteiger partial charge < -0.3 is 9.52 Å². The number of carbonyl (C=O) groups excluding carboxylic acids is 1. The molecule has 9 nitrogen and oxygen atoms in total. The number of hydrogen-bond acceptors (Lipinski definition) is 6. The molecule has 1 unspecified atom stereocenters. The molecule has 0 saturated heterocycles. The zero-order valence-corrected chi connectivity index (χ0v) is 15.6. The van der Waals surface area contributed by atoms with E-state index < -0.39 is 5.97 Å². The lowest BCUT2D eigenvalue weighted by atomic mass is 10.1. The van der Waals surface area contributed by atoms with Crippen LogP contribution >= 0.6 is 0 Å². The zero-order chi connectivity index (χ0) is 19.7. The van der Waals surface area contributed by atoms with Crippen LogP contribution < -0.4 is 0 Å². The van der Waals surface area contributed by atoms with Gasteiger partial charge in [-0.25, -0.2) is 9.67 Å². The van der Waals surface area contributed by atoms with Crippen LogP contribution in [0.5, 0.6) is 0 Å². The van der Waals surface area contributed by atoms with Gasteiger partial charge in [-0.05, 0) is 39.8 Å². The summed E-state index contributed by atoms with van der Waals surface area (Å²) >= 11 is 0. The molecule has 0 aliphatic heterocycles. The average molecular weight is 371 g/mol. The Morgan fingerprint density at radius 1 is 1.30 bits per heavy atom. The molecular formula is C18H21N5O4. The molecule has 3 aromatic heterocycles. The van der Waals surface area contributed by atoms with Crippen molar-refractivity contribution in [3.05, 3.63) is 41.2 Å². The van der Waals surface area contributed by atoms with Gasteiger partial charge in [0.15, 0.2) is 11.5 Å². The smallest absolute Gasteiger partial charge is 0.325 e. The highest BCUT2D eigenvalue weighted by molar-refractivity contribution is 5.96. The maximum atomic E-state index is 11.8. The molecule has 3 heterocycles. The summed E-state index contributed by atoms with van der Waals surface area (Å²) in [5, 5.41) is 17.9. The molecular weight excluding hydrogens is 350 g/mol. The lowest BCUT2D eigenvalue weighted by Gasteiger charge is -2.14. The van der Waals surface area contributed by atoms with Gasteiger partial charge in [-0.15, -0.1) is 5.10 Å². The van der Waals surface area contributed by atoms with E-state index in [4.69, 9.17) is 9.52 Å². The summed E-state index contributed by atoms with van der Waals surface area (Å²) in [5.41, 5.74) is 2.07. The number of carboxylic acid groups (broad SMARTS) is 1. The van der Waals surface area contributed by atoms with E-state index in [2.05, 4.69) is 15.2 Å². The summed E-state index contributed by atoms with van der Waals surface area (Å²) < 4.78 is 8.44. The second-order valence-corrected chi connectivity index (χ2v) is 6.48. The Hall–Kier alpha value is -3.23. The number of carbonyl (C=O) groups is 2. The van der Waals surface area contributed by atoms with Crippen molar-refractivity contribution in [3.63, 3.8) is 0 Å². The minimum absolute atomic E-state index is 0.0300. The standard InChI is InChI=1S/C18H21N5O4/c1-10(23-12(3)17(13(4)24)11(2)20-23)8-15-19-18(14-6-5-7-27-14)21-22(15)9-16(25)26/h5-7,10H,8-9H2,1-4H3,(H,25,26). The molecule has 0 aromatic carbocycles. The maximum Gasteiger partial charge on any atom is 0.325 e. The summed E-state index contributed by atoms with van der Waals surface area (Å²) in [6.07, 6.45) is 1.91. The summed E-state index contributed by atoms with van der Waals surface area (Å²) in [6.45, 7) is 6.81. The van der Waals surface area contributed by atoms with Crippen molar-refractivity contribution in [1.29, 1.82) is 0 Å². The highest BCUT2D eigenvalue weighted by Crippen LogP contribution is 2.22. The van der Waals surface area contributed by atoms with Gasteiger partial charge in [-0.3, -0.25) is 14.3 Å². The molecule has 142 valence electrons. The van der Waals surface area contributed by atoms with Crippen LogP contribution in [-0.4, -0.2) is 41.4 Å². The number of furan rings is 1. The van der Waals surface area contributed by atoms with Crippen molar-refractivity contribution in [2.24, 2.45) is 0 Å². The number of carboxylic acids is 1. The molecule has 0 aliphatic carbocycles. The number of Topliss-reactive ketones (excluding diaryl/α,β-unsaturated/α-hetero) is 1. The second-order valence-electron chi connectivity index (χ2n) is 6.48. The topological polar surface area (TPSA) is 116 Å². The Balaban J connectivity index is 1.93. The molecule has 3 rings (SSSR count). The third-order valence-corrected chi connectivity index (χ3v) is 4.35. The van der Waals surface area contributed by atoms with Gasteiger partial charge in [0.1, 0.15) is 12.4 Å². The zero-order valence-electron chi connectivity index (χ0n) is 15.6. The van der Waals surface area contributed by atoms with E-state index in [1.54, 1.807) is 23.7 Å². The fraction of sp³-hybridized carbons (Fsp3) is 0.389. The molecule has 1 N–H and O–H groups in total. The highest BCUT2D eigenvalue weighted by Gasteiger charge is 2.22. The normalized spacial score (nSPS) is 12.3. The van der Waals surface area contributed by atoms with Crippen LogP contribution in [-0.2, 0) is 17.8 Å². The third-order valence-electron chi connectivity index (χ3n) is 4.35. The molecule has 0 radical (unpaired) electrons. The van der Waals surface area contributed by atoms with Crippen LogP contribution in [0, 0.1) is 13.8 Å². The van der Waals surface area contributed by atoms with Crippen LogP contribution in [0.2, 0.25) is 0 Å². The Kier molecular flexibility index (Phi) is 4.93. The van der Waals surface area contributed by atoms with Gasteiger partial charge in [0.25, 0.3) is 0 Å². The van der Waals surface area contributed by atoms with E-state index in [-0.39, 0.29) is 18.4 Å². The SMILES string of the molecule is CC(=O)c1c(C)nn(C(C)Cc2nc(-c3ccco3)nn2CC(=O)O)c1C. The third kappa shape index (κ3) is 3.67. The number of hydrogen-bond donors (Lipinski definition) is 1. The molecule has 1 atom stereocenters. The van der Waals surface area contributed by atoms with Crippen LogP contribution in [0.4, 0.5) is 0 Å². The number of nitrogens with zero attached hydrogens (tertiary/aromatic N) is 5. The number of aromatic nitrogens is 5. The Morgan fingerprint density at radius 2 is 2.04 bits per heavy atom. The first-order valence-corrected chi connectivity index (χ1v) is 8.54. The van der Waals surface area contributed by atoms with Gasteiger partial charge in [0.2, 0.25) is 5.82 Å². The van der Waals surface area contributed by atoms with Crippen molar-refractivity contribution in [1.82, 2.24) is 24.5 Å². The summed E-state index contributed by atoms with van der Waals surface area (Å²) in [5.74, 6) is 0.273. The van der Waals surface area contributed by atoms with Crippen LogP contribution in [0.15, 0.2) is 22.8 Å². The second kappa shape index (κ2) is 7.18. The number of ketones is 1. The van der Waals surface area contributed by atoms with Gasteiger partial charge in [0.05, 0.1) is 23.6 Å². The van der Waals surface area contributed by atoms with E-state index in [1.165, 1.54) is 17.9 Å². The first kappa shape index (κ1) is 18.6. The van der Waals surface area contributed by atoms with Gasteiger partial charge in [-0.1, -0.05) is 0 Å². The van der Waals surface area contributed by atoms with Crippen molar-refractivity contribution < 1.29 is 19.1 Å². The van der Waals surface area contributed by atoms with Crippen molar-refractivity contribution in [2.75, 3.05) is 0 Å². The molecule has 0 spiro atoms. The molecule has 0 amide bonds. The fourth-order valence-corrected chi connectivity index (χ4v) is 3.24. The predicted octanol–water partition coefficient (Wildman–Crippen LogP) is 2.44. The molecule has 0 saturated carbocycles. The Bertz CT molecular complexity index is 984. The fourth-order valence-electron chi connectivity index (χ4n) is 3.24. The first-order chi connectivity index (χ1) is 12.8. The number of aryl methyl sites for hydroxylation is 1. The van der Waals surface area contributed by atoms with E-state index >= 15 is 0 Å². The van der Waals surface area contributed by atoms with Crippen LogP contribution in [0.1, 0.15) is 47.5 Å². The molecule has 9 heteroatoms. The van der Waals surface area contributed by atoms with Crippen LogP contribution in [0.3, 0.4) is 0 Å². The minimum Gasteiger partial charge on any atom is -0.480 e. The van der Waals surface area contributed by atoms with E-state index in [1.807, 2.05) is 13.8 Å². The molecule has 0 fully saturated rings. The summed E-state index contributed by atoms with van der Waals surface area (Å²) in [7, 11) is 0. The monoisotopic (exact) mass is 371 g/mol. The van der Waals surface area contributed by atoms with Gasteiger partial charge in [0, 0.05) is 12.1 Å². The first-order valence-electron chi connectivity index (χ1n) is 8.54. The number of rotatable bonds is 7. The Labute approximate surface area is 155 Å². The van der Waals surface area contributed by atoms with E-state index in [0.29, 0.717) is 35.1 Å². The van der Waals surface area contributed by atoms with E-state index in [0.717, 1.165) is 5.69 Å². The van der Waals surface area contributed by atoms with Gasteiger partial charge in [-0.2, -0.15) is 5.10 Å². The molecule has 3 aromatic rings. The predicted molar refractivity (Wildman–Crippen MR) is 95.5 cm³/mol. The Morgan fingerprint density at radius 3 is 2.59 bits per heavy atom. The van der Waals surface area contributed by atoms with Gasteiger partial charge >= 0.3 is 5.97 Å². The molecule has 0 aliphatic rings. The maximum absolute atomic E-state index is 11.8. The summed E-state index contributed by atoms with van der Waals surface area (Å²) in [6, 6.07) is 3.29. The summed E-state index contributed by atoms with van der Waals surface area (Å²) in [4.78, 5) is 27.5. The van der Waals surface area contributed by atoms with E-state index in [9.17, 15) is 9.59 Å². The van der Waals surface area contributed by atoms with Crippen molar-refractivity contribution in [3.8, 4) is 11.6 Å². The highest BCUT2D eigenvalue weighted by atomic mass is 16.4. The number of aliphatic carboxylic acids is 1. The lowest BCUT2D eigenvalue weighted by molar-refractivity contribution is -0.137. The average Bonchev–Trinajstić information content (AvgIpc) is 3.27. The van der Waals surface area contributed by atoms with Crippen molar-refractivity contribution >= 4 is 11.8 Å². The van der Waals surface area contributed by atoms with Crippen molar-refractivity contribution in [2.45, 2.75) is 46.7 Å². The quantitative estimate of drug-likeness (QED) is 0.634. The molecule has 0 bridgehead atoms. The largest absolute Gasteiger partial charge is 0.480 e. The minimum atomic E-state index is -1.01. The lowest BCUT2D eigenvalue weighted by Crippen LogP contribution is -2.18. The molecule has 27 heavy (non-hydrogen) atoms. The van der Waals surface area contributed by atoms with Crippen LogP contribution in [0.25, 0.3) is 11.6 Å².